The Kier molecular flexibility index (Phi) is 24.6. The monoisotopic (exact) mass is 1030 g/mol. The van der Waals surface area contributed by atoms with Crippen LogP contribution in [-0.2, 0) is 28.7 Å². The Balaban J connectivity index is 0.0000101. The molecule has 10 N–H and O–H groups in total. The summed E-state index contributed by atoms with van der Waals surface area (Å²) in [5, 5.41) is 73.1. The molecule has 22 nitrogen and oxygen atoms in total. The molecule has 6 amide bonds. The first-order valence-corrected chi connectivity index (χ1v) is 25.0. The molecule has 26 heteroatoms. The van der Waals surface area contributed by atoms with E-state index in [1.165, 1.54) is 70.1 Å². The Morgan fingerprint density at radius 1 is 0.926 bits per heavy atom. The van der Waals surface area contributed by atoms with Crippen molar-refractivity contribution in [2.45, 2.75) is 99.0 Å². The van der Waals surface area contributed by atoms with Gasteiger partial charge < -0.3 is 66.9 Å². The number of benzene rings is 2. The van der Waals surface area contributed by atoms with E-state index in [4.69, 9.17) is 15.0 Å². The van der Waals surface area contributed by atoms with Crippen LogP contribution in [0.2, 0.25) is 0 Å². The van der Waals surface area contributed by atoms with Crippen molar-refractivity contribution in [3.8, 4) is 5.75 Å². The van der Waals surface area contributed by atoms with Crippen molar-refractivity contribution in [1.29, 1.82) is 0 Å². The summed E-state index contributed by atoms with van der Waals surface area (Å²) in [5.41, 5.74) is 9.55. The molecule has 9 atom stereocenters. The molecule has 3 aliphatic heterocycles. The van der Waals surface area contributed by atoms with Crippen molar-refractivity contribution in [1.82, 2.24) is 31.9 Å². The summed E-state index contributed by atoms with van der Waals surface area (Å²) < 4.78 is 10.9. The molecular weight excluding hydrogens is 974 g/mol. The van der Waals surface area contributed by atoms with E-state index in [-0.39, 0.29) is 113 Å². The number of aliphatic carboxylic acids is 1. The molecule has 4 unspecified atom stereocenters. The number of urea groups is 1. The summed E-state index contributed by atoms with van der Waals surface area (Å²) in [7, 11) is 2.74. The summed E-state index contributed by atoms with van der Waals surface area (Å²) in [5.74, 6) is -2.32. The Labute approximate surface area is 446 Å². The van der Waals surface area contributed by atoms with Crippen molar-refractivity contribution in [2.75, 3.05) is 36.9 Å². The van der Waals surface area contributed by atoms with Crippen molar-refractivity contribution in [3.05, 3.63) is 75.9 Å². The first-order valence-electron chi connectivity index (χ1n) is 21.5. The third-order valence-electron chi connectivity index (χ3n) is 10.8. The zero-order chi connectivity index (χ0) is 48.3. The van der Waals surface area contributed by atoms with Crippen LogP contribution in [0.15, 0.2) is 59.4 Å². The molecule has 2 aromatic rings. The van der Waals surface area contributed by atoms with E-state index in [1.807, 2.05) is 11.8 Å². The third-order valence-corrected chi connectivity index (χ3v) is 14.7. The Bertz CT molecular complexity index is 2110. The fraction of sp³-hybridized carbons (Fsp3) is 0.524. The standard InChI is InChI=1S/C42H55N9O13S3.K/c43-51-50-25-11-9-24(10-12-25)38(58)47-27(4-3-16-44-32(53)6-2-1-5-31-34-28(22-65-31)48-42(62)49-34)39(59)45-17-19-67-66-18-15-33(54)46-21-30-35(55)36(56)37(57)41(64-30)63-29(40(60)61)20-23-7-13-26(52)14-8-23;/h7-14,20,27-28,30-31,34-37,41,52,55-57H,1-6,15-19,21-22H2,(H,44,53)(H,45,59)(H,46,54)(H,47,58)(H,60,61)(H2,48,49,62);/q;+1/p-1/b29-20-;/t27?,28?,30-,31?,34?,35+,36+,37-,41-;/m1./s1. The molecule has 3 saturated heterocycles. The molecule has 0 spiro atoms. The van der Waals surface area contributed by atoms with E-state index in [0.717, 1.165) is 24.7 Å². The quantitative estimate of drug-likeness (QED) is 0.00583. The molecule has 0 bridgehead atoms. The number of nitrogens with one attached hydrogen (secondary N) is 6. The minimum Gasteiger partial charge on any atom is -0.872 e. The molecule has 0 aliphatic carbocycles. The number of carbonyl (C=O) groups is 6. The van der Waals surface area contributed by atoms with E-state index in [9.17, 15) is 54.3 Å². The first-order chi connectivity index (χ1) is 32.2. The van der Waals surface area contributed by atoms with Gasteiger partial charge in [-0.3, -0.25) is 19.2 Å². The van der Waals surface area contributed by atoms with Crippen LogP contribution in [0.1, 0.15) is 60.9 Å². The fourth-order valence-electron chi connectivity index (χ4n) is 7.20. The van der Waals surface area contributed by atoms with Gasteiger partial charge in [-0.25, -0.2) is 9.59 Å². The number of carboxylic acids is 1. The number of thioether (sulfide) groups is 1. The minimum atomic E-state index is -1.84. The Morgan fingerprint density at radius 2 is 1.65 bits per heavy atom. The molecule has 3 aliphatic rings. The largest absolute Gasteiger partial charge is 1.00 e. The maximum Gasteiger partial charge on any atom is 1.00 e. The molecule has 0 saturated carbocycles. The number of carbonyl (C=O) groups excluding carboxylic acids is 5. The van der Waals surface area contributed by atoms with Crippen LogP contribution in [0.3, 0.4) is 0 Å². The second-order valence-electron chi connectivity index (χ2n) is 15.6. The topological polar surface area (TPSA) is 346 Å². The predicted octanol–water partition coefficient (Wildman–Crippen LogP) is -1.62. The van der Waals surface area contributed by atoms with Gasteiger partial charge >= 0.3 is 63.4 Å². The van der Waals surface area contributed by atoms with Gasteiger partial charge in [0.25, 0.3) is 5.91 Å². The van der Waals surface area contributed by atoms with Gasteiger partial charge in [0.2, 0.25) is 29.8 Å². The van der Waals surface area contributed by atoms with Crippen LogP contribution in [0.5, 0.6) is 5.75 Å². The molecular formula is C42H54KN9O13S3. The van der Waals surface area contributed by atoms with Crippen LogP contribution >= 0.6 is 33.3 Å². The van der Waals surface area contributed by atoms with Gasteiger partial charge in [0.15, 0.2) is 0 Å². The number of aliphatic hydroxyl groups excluding tert-OH is 3. The molecule has 3 fully saturated rings. The molecule has 68 heavy (non-hydrogen) atoms. The number of fused-ring (bicyclic) bond motifs is 1. The maximum atomic E-state index is 13.3. The van der Waals surface area contributed by atoms with E-state index in [0.29, 0.717) is 53.8 Å². The van der Waals surface area contributed by atoms with Crippen molar-refractivity contribution in [2.24, 2.45) is 5.11 Å². The maximum absolute atomic E-state index is 13.3. The van der Waals surface area contributed by atoms with E-state index in [2.05, 4.69) is 41.9 Å². The number of ether oxygens (including phenoxy) is 2. The fourth-order valence-corrected chi connectivity index (χ4v) is 10.6. The number of aliphatic hydroxyl groups is 3. The molecule has 5 rings (SSSR count). The average molecular weight is 1030 g/mol. The number of carboxylic acid groups (broad SMARTS) is 1. The first kappa shape index (κ1) is 56.8. The molecule has 3 heterocycles. The van der Waals surface area contributed by atoms with E-state index >= 15 is 0 Å². The van der Waals surface area contributed by atoms with Crippen LogP contribution in [-0.4, -0.2) is 147 Å². The number of nitrogens with zero attached hydrogens (tertiary/aromatic N) is 3. The van der Waals surface area contributed by atoms with Crippen LogP contribution < -0.4 is 88.4 Å². The zero-order valence-corrected chi connectivity index (χ0v) is 42.7. The summed E-state index contributed by atoms with van der Waals surface area (Å²) in [6, 6.07) is 10.3. The SMILES string of the molecule is [K+].[N-]=[N+]=Nc1ccc(C(=O)NC(CCCNC(=O)CCCCC2SCC3NC(=O)NC32)C(=O)NCCSSCCC(=O)NC[C@H]2O[C@@H](O/C(=C\c3ccc([O-])cc3)C(=O)O)[C@H](O)[C@@H](O)[C@H]2O)cc1. The molecule has 2 aromatic carbocycles. The number of hydrogen-bond donors (Lipinski definition) is 10. The van der Waals surface area contributed by atoms with Crippen molar-refractivity contribution < 1.29 is 115 Å². The summed E-state index contributed by atoms with van der Waals surface area (Å²) in [4.78, 5) is 77.8. The van der Waals surface area contributed by atoms with Crippen LogP contribution in [0.25, 0.3) is 16.5 Å². The number of amides is 6. The summed E-state index contributed by atoms with van der Waals surface area (Å²) in [6.07, 6.45) is -3.77. The number of azide groups is 1. The van der Waals surface area contributed by atoms with Gasteiger partial charge in [-0.05, 0) is 55.0 Å². The van der Waals surface area contributed by atoms with Crippen molar-refractivity contribution in [3.63, 3.8) is 0 Å². The second-order valence-corrected chi connectivity index (χ2v) is 19.6. The van der Waals surface area contributed by atoms with Crippen molar-refractivity contribution >= 4 is 80.7 Å². The number of unbranched alkanes of at least 4 members (excludes halogenated alkanes) is 1. The summed E-state index contributed by atoms with van der Waals surface area (Å²) in [6.45, 7) is 0.217. The van der Waals surface area contributed by atoms with Gasteiger partial charge in [0.05, 0.1) is 12.1 Å². The molecule has 0 aromatic heterocycles. The van der Waals surface area contributed by atoms with Gasteiger partial charge in [0, 0.05) is 71.1 Å². The second kappa shape index (κ2) is 29.4. The summed E-state index contributed by atoms with van der Waals surface area (Å²) >= 11 is 1.83. The molecule has 364 valence electrons. The number of hydrogen-bond acceptors (Lipinski definition) is 16. The van der Waals surface area contributed by atoms with Crippen LogP contribution in [0, 0.1) is 0 Å². The average Bonchev–Trinajstić information content (AvgIpc) is 3.87. The smallest absolute Gasteiger partial charge is 0.872 e. The van der Waals surface area contributed by atoms with Gasteiger partial charge in [-0.1, -0.05) is 69.5 Å². The zero-order valence-electron chi connectivity index (χ0n) is 37.1. The number of rotatable bonds is 26. The predicted molar refractivity (Wildman–Crippen MR) is 248 cm³/mol. The molecule has 0 radical (unpaired) electrons. The Hall–Kier alpha value is -3.76. The van der Waals surface area contributed by atoms with Gasteiger partial charge in [0.1, 0.15) is 30.5 Å². The van der Waals surface area contributed by atoms with Gasteiger partial charge in [-0.15, -0.1) is 5.75 Å². The minimum absolute atomic E-state index is 0. The van der Waals surface area contributed by atoms with Gasteiger partial charge in [-0.2, -0.15) is 11.8 Å². The Morgan fingerprint density at radius 3 is 2.37 bits per heavy atom. The van der Waals surface area contributed by atoms with E-state index < -0.39 is 66.2 Å². The third kappa shape index (κ3) is 18.2. The van der Waals surface area contributed by atoms with Crippen LogP contribution in [0.4, 0.5) is 10.5 Å². The normalized spacial score (nSPS) is 23.3. The van der Waals surface area contributed by atoms with E-state index in [1.54, 1.807) is 0 Å².